The Morgan fingerprint density at radius 2 is 1.84 bits per heavy atom. The fraction of sp³-hybridized carbons (Fsp3) is 0.304. The number of hydrogen-bond acceptors (Lipinski definition) is 4. The van der Waals surface area contributed by atoms with Gasteiger partial charge < -0.3 is 14.6 Å². The minimum absolute atomic E-state index is 0.201. The highest BCUT2D eigenvalue weighted by atomic mass is 35.5. The van der Waals surface area contributed by atoms with Gasteiger partial charge in [-0.2, -0.15) is 0 Å². The molecule has 1 amide bonds. The van der Waals surface area contributed by atoms with Crippen LogP contribution in [0.3, 0.4) is 0 Å². The van der Waals surface area contributed by atoms with Gasteiger partial charge >= 0.3 is 6.09 Å². The van der Waals surface area contributed by atoms with Crippen LogP contribution in [0.5, 0.6) is 0 Å². The van der Waals surface area contributed by atoms with E-state index in [1.807, 2.05) is 24.3 Å². The second-order valence-electron chi connectivity index (χ2n) is 7.41. The lowest BCUT2D eigenvalue weighted by Crippen LogP contribution is -2.19. The molecule has 0 unspecified atom stereocenters. The molecule has 0 aliphatic heterocycles. The number of nitrogens with zero attached hydrogens (tertiary/aromatic N) is 2. The van der Waals surface area contributed by atoms with Crippen molar-refractivity contribution in [2.45, 2.75) is 49.8 Å². The van der Waals surface area contributed by atoms with Crippen molar-refractivity contribution < 1.29 is 9.53 Å². The number of ether oxygens (including phenoxy) is 1. The van der Waals surface area contributed by atoms with E-state index in [0.29, 0.717) is 16.6 Å². The lowest BCUT2D eigenvalue weighted by atomic mass is 10.0. The van der Waals surface area contributed by atoms with Gasteiger partial charge in [0, 0.05) is 52.2 Å². The zero-order chi connectivity index (χ0) is 22.5. The Morgan fingerprint density at radius 1 is 1.19 bits per heavy atom. The number of alkyl carbamates (subject to hydrolysis) is 1. The molecule has 0 saturated heterocycles. The second kappa shape index (κ2) is 10.4. The number of nitrogens with one attached hydrogen (secondary N) is 1. The van der Waals surface area contributed by atoms with Crippen molar-refractivity contribution in [1.29, 1.82) is 0 Å². The number of rotatable bonds is 7. The fourth-order valence-electron chi connectivity index (χ4n) is 3.44. The standard InChI is InChI=1S/C23H25Cl2N3O2S/c1-14(2)21-20(13-30-23(29)26-4)15(3)28(12-16-5-7-27-8-6-16)22(21)31-19-10-17(24)9-18(25)11-19/h5-11,14H,12-13H2,1-4H3,(H,26,29). The van der Waals surface area contributed by atoms with Gasteiger partial charge in [0.15, 0.2) is 0 Å². The number of aromatic nitrogens is 2. The van der Waals surface area contributed by atoms with Gasteiger partial charge in [-0.05, 0) is 54.3 Å². The third kappa shape index (κ3) is 5.76. The molecule has 2 heterocycles. The van der Waals surface area contributed by atoms with Crippen LogP contribution < -0.4 is 5.32 Å². The van der Waals surface area contributed by atoms with Crippen LogP contribution in [0.15, 0.2) is 52.6 Å². The van der Waals surface area contributed by atoms with Crippen LogP contribution >= 0.6 is 35.0 Å². The number of carbonyl (C=O) groups is 1. The Bertz CT molecular complexity index is 1050. The van der Waals surface area contributed by atoms with E-state index in [-0.39, 0.29) is 12.5 Å². The van der Waals surface area contributed by atoms with Crippen molar-refractivity contribution in [1.82, 2.24) is 14.9 Å². The Morgan fingerprint density at radius 3 is 2.42 bits per heavy atom. The molecule has 0 aliphatic rings. The average Bonchev–Trinajstić information content (AvgIpc) is 2.97. The molecule has 8 heteroatoms. The zero-order valence-corrected chi connectivity index (χ0v) is 20.2. The highest BCUT2D eigenvalue weighted by molar-refractivity contribution is 7.99. The summed E-state index contributed by atoms with van der Waals surface area (Å²) in [4.78, 5) is 16.8. The number of carbonyl (C=O) groups excluding carboxylic acids is 1. The molecule has 164 valence electrons. The van der Waals surface area contributed by atoms with E-state index < -0.39 is 6.09 Å². The van der Waals surface area contributed by atoms with Gasteiger partial charge in [0.1, 0.15) is 6.61 Å². The Hall–Kier alpha value is -2.15. The molecule has 0 radical (unpaired) electrons. The maximum absolute atomic E-state index is 11.7. The third-order valence-corrected chi connectivity index (χ3v) is 6.45. The summed E-state index contributed by atoms with van der Waals surface area (Å²) in [7, 11) is 1.55. The summed E-state index contributed by atoms with van der Waals surface area (Å²) in [5.41, 5.74) is 4.35. The van der Waals surface area contributed by atoms with E-state index in [9.17, 15) is 4.79 Å². The zero-order valence-electron chi connectivity index (χ0n) is 17.9. The minimum Gasteiger partial charge on any atom is -0.445 e. The van der Waals surface area contributed by atoms with E-state index in [1.165, 1.54) is 0 Å². The van der Waals surface area contributed by atoms with Crippen LogP contribution in [-0.2, 0) is 17.9 Å². The van der Waals surface area contributed by atoms with Crippen molar-refractivity contribution in [3.63, 3.8) is 0 Å². The number of pyridine rings is 1. The van der Waals surface area contributed by atoms with Crippen molar-refractivity contribution in [3.8, 4) is 0 Å². The highest BCUT2D eigenvalue weighted by Crippen LogP contribution is 2.41. The molecule has 5 nitrogen and oxygen atoms in total. The van der Waals surface area contributed by atoms with Crippen LogP contribution in [0.2, 0.25) is 10.0 Å². The molecule has 1 N–H and O–H groups in total. The number of halogens is 2. The molecule has 0 atom stereocenters. The summed E-state index contributed by atoms with van der Waals surface area (Å²) in [5, 5.41) is 4.77. The number of benzene rings is 1. The molecular formula is C23H25Cl2N3O2S. The Kier molecular flexibility index (Phi) is 7.92. The monoisotopic (exact) mass is 477 g/mol. The smallest absolute Gasteiger partial charge is 0.407 e. The van der Waals surface area contributed by atoms with Gasteiger partial charge in [-0.1, -0.05) is 48.8 Å². The van der Waals surface area contributed by atoms with Gasteiger partial charge in [0.05, 0.1) is 5.03 Å². The largest absolute Gasteiger partial charge is 0.445 e. The van der Waals surface area contributed by atoms with Crippen molar-refractivity contribution in [2.24, 2.45) is 0 Å². The second-order valence-corrected chi connectivity index (χ2v) is 9.35. The predicted octanol–water partition coefficient (Wildman–Crippen LogP) is 6.68. The molecule has 0 saturated carbocycles. The van der Waals surface area contributed by atoms with Crippen LogP contribution in [-0.4, -0.2) is 22.7 Å². The normalized spacial score (nSPS) is 11.1. The first-order valence-corrected chi connectivity index (χ1v) is 11.5. The van der Waals surface area contributed by atoms with Crippen LogP contribution in [0.25, 0.3) is 0 Å². The molecule has 0 bridgehead atoms. The molecule has 3 rings (SSSR count). The van der Waals surface area contributed by atoms with Crippen molar-refractivity contribution in [2.75, 3.05) is 7.05 Å². The van der Waals surface area contributed by atoms with Gasteiger partial charge in [-0.3, -0.25) is 4.98 Å². The summed E-state index contributed by atoms with van der Waals surface area (Å²) >= 11 is 14.1. The Balaban J connectivity index is 2.12. The van der Waals surface area contributed by atoms with Gasteiger partial charge in [-0.15, -0.1) is 0 Å². The molecule has 2 aromatic heterocycles. The average molecular weight is 478 g/mol. The first-order chi connectivity index (χ1) is 14.8. The SMILES string of the molecule is CNC(=O)OCc1c(C(C)C)c(Sc2cc(Cl)cc(Cl)c2)n(Cc2ccncc2)c1C. The van der Waals surface area contributed by atoms with E-state index in [0.717, 1.165) is 32.3 Å². The number of hydrogen-bond donors (Lipinski definition) is 1. The van der Waals surface area contributed by atoms with Crippen molar-refractivity contribution in [3.05, 3.63) is 75.2 Å². The molecule has 31 heavy (non-hydrogen) atoms. The predicted molar refractivity (Wildman–Crippen MR) is 126 cm³/mol. The van der Waals surface area contributed by atoms with Crippen molar-refractivity contribution >= 4 is 41.1 Å². The van der Waals surface area contributed by atoms with Crippen LogP contribution in [0.4, 0.5) is 4.79 Å². The topological polar surface area (TPSA) is 56.1 Å². The Labute approximate surface area is 197 Å². The molecule has 0 fully saturated rings. The highest BCUT2D eigenvalue weighted by Gasteiger charge is 2.24. The molecule has 3 aromatic rings. The summed E-state index contributed by atoms with van der Waals surface area (Å²) in [6.07, 6.45) is 3.12. The maximum Gasteiger partial charge on any atom is 0.407 e. The summed E-state index contributed by atoms with van der Waals surface area (Å²) < 4.78 is 7.69. The first-order valence-electron chi connectivity index (χ1n) is 9.89. The lowest BCUT2D eigenvalue weighted by Gasteiger charge is -2.15. The first kappa shape index (κ1) is 23.5. The summed E-state index contributed by atoms with van der Waals surface area (Å²) in [6.45, 7) is 7.22. The van der Waals surface area contributed by atoms with E-state index in [1.54, 1.807) is 37.3 Å². The van der Waals surface area contributed by atoms with Crippen LogP contribution in [0, 0.1) is 6.92 Å². The molecule has 0 aliphatic carbocycles. The summed E-state index contributed by atoms with van der Waals surface area (Å²) in [6, 6.07) is 9.53. The molecular weight excluding hydrogens is 453 g/mol. The van der Waals surface area contributed by atoms with E-state index >= 15 is 0 Å². The third-order valence-electron chi connectivity index (χ3n) is 4.91. The van der Waals surface area contributed by atoms with Gasteiger partial charge in [-0.25, -0.2) is 4.79 Å². The maximum atomic E-state index is 11.7. The fourth-order valence-corrected chi connectivity index (χ4v) is 5.47. The summed E-state index contributed by atoms with van der Waals surface area (Å²) in [5.74, 6) is 0.220. The lowest BCUT2D eigenvalue weighted by molar-refractivity contribution is 0.141. The van der Waals surface area contributed by atoms with E-state index in [2.05, 4.69) is 35.6 Å². The molecule has 1 aromatic carbocycles. The minimum atomic E-state index is -0.452. The quantitative estimate of drug-likeness (QED) is 0.412. The van der Waals surface area contributed by atoms with Gasteiger partial charge in [0.25, 0.3) is 0 Å². The van der Waals surface area contributed by atoms with Crippen LogP contribution in [0.1, 0.15) is 42.1 Å². The number of amides is 1. The van der Waals surface area contributed by atoms with Gasteiger partial charge in [0.2, 0.25) is 0 Å². The van der Waals surface area contributed by atoms with E-state index in [4.69, 9.17) is 27.9 Å². The molecule has 0 spiro atoms.